The van der Waals surface area contributed by atoms with Gasteiger partial charge in [0.15, 0.2) is 0 Å². The molecule has 0 fully saturated rings. The van der Waals surface area contributed by atoms with E-state index in [9.17, 15) is 0 Å². The van der Waals surface area contributed by atoms with Crippen molar-refractivity contribution < 1.29 is 0 Å². The lowest BCUT2D eigenvalue weighted by atomic mass is 10.1. The summed E-state index contributed by atoms with van der Waals surface area (Å²) in [5.41, 5.74) is 8.68. The Labute approximate surface area is 91.3 Å². The van der Waals surface area contributed by atoms with Crippen LogP contribution in [-0.2, 0) is 6.42 Å². The molecule has 2 nitrogen and oxygen atoms in total. The molecule has 1 aromatic heterocycles. The Bertz CT molecular complexity index is 475. The van der Waals surface area contributed by atoms with Crippen LogP contribution in [-0.4, -0.2) is 4.98 Å². The van der Waals surface area contributed by atoms with E-state index in [1.54, 1.807) is 6.20 Å². The zero-order valence-electron chi connectivity index (χ0n) is 7.92. The number of nitrogen functional groups attached to an aromatic ring is 1. The van der Waals surface area contributed by atoms with Crippen LogP contribution in [0.15, 0.2) is 28.9 Å². The second kappa shape index (κ2) is 3.58. The number of nitrogens with zero attached hydrogens (tertiary/aromatic N) is 1. The number of aryl methyl sites for hydroxylation is 1. The van der Waals surface area contributed by atoms with E-state index in [-0.39, 0.29) is 0 Å². The van der Waals surface area contributed by atoms with Crippen molar-refractivity contribution in [3.05, 3.63) is 34.4 Å². The number of hydrogen-bond acceptors (Lipinski definition) is 2. The molecule has 14 heavy (non-hydrogen) atoms. The summed E-state index contributed by atoms with van der Waals surface area (Å²) < 4.78 is 1.08. The summed E-state index contributed by atoms with van der Waals surface area (Å²) >= 11 is 3.48. The number of nitrogens with two attached hydrogens (primary N) is 1. The van der Waals surface area contributed by atoms with Crippen LogP contribution in [0, 0.1) is 0 Å². The number of halogens is 1. The third-order valence-corrected chi connectivity index (χ3v) is 2.69. The minimum Gasteiger partial charge on any atom is -0.397 e. The molecule has 2 rings (SSSR count). The van der Waals surface area contributed by atoms with Crippen LogP contribution in [0.25, 0.3) is 10.9 Å². The molecule has 2 aromatic rings. The molecule has 0 saturated carbocycles. The fraction of sp³-hybridized carbons (Fsp3) is 0.182. The van der Waals surface area contributed by atoms with Crippen LogP contribution in [0.5, 0.6) is 0 Å². The second-order valence-electron chi connectivity index (χ2n) is 3.26. The number of rotatable bonds is 1. The Hall–Kier alpha value is -1.09. The molecule has 0 aliphatic heterocycles. The van der Waals surface area contributed by atoms with Gasteiger partial charge in [-0.2, -0.15) is 0 Å². The predicted molar refractivity (Wildman–Crippen MR) is 63.2 cm³/mol. The SMILES string of the molecule is CCc1cc(Br)cc2cc(N)cnc12. The smallest absolute Gasteiger partial charge is 0.0736 e. The lowest BCUT2D eigenvalue weighted by Crippen LogP contribution is -1.91. The molecule has 0 aliphatic rings. The van der Waals surface area contributed by atoms with E-state index >= 15 is 0 Å². The van der Waals surface area contributed by atoms with E-state index in [1.807, 2.05) is 12.1 Å². The van der Waals surface area contributed by atoms with Crippen LogP contribution in [0.1, 0.15) is 12.5 Å². The number of hydrogen-bond donors (Lipinski definition) is 1. The van der Waals surface area contributed by atoms with Gasteiger partial charge in [0.25, 0.3) is 0 Å². The van der Waals surface area contributed by atoms with Crippen molar-refractivity contribution in [2.45, 2.75) is 13.3 Å². The van der Waals surface area contributed by atoms with Gasteiger partial charge in [0, 0.05) is 9.86 Å². The molecule has 0 radical (unpaired) electrons. The Kier molecular flexibility index (Phi) is 2.42. The first-order valence-corrected chi connectivity index (χ1v) is 5.33. The van der Waals surface area contributed by atoms with E-state index in [1.165, 1.54) is 5.56 Å². The monoisotopic (exact) mass is 250 g/mol. The van der Waals surface area contributed by atoms with Gasteiger partial charge in [0.05, 0.1) is 17.4 Å². The summed E-state index contributed by atoms with van der Waals surface area (Å²) in [6.45, 7) is 2.12. The first-order chi connectivity index (χ1) is 6.70. The van der Waals surface area contributed by atoms with Crippen molar-refractivity contribution in [2.24, 2.45) is 0 Å². The average Bonchev–Trinajstić information content (AvgIpc) is 2.15. The van der Waals surface area contributed by atoms with Crippen molar-refractivity contribution in [1.29, 1.82) is 0 Å². The third kappa shape index (κ3) is 1.60. The third-order valence-electron chi connectivity index (χ3n) is 2.23. The summed E-state index contributed by atoms with van der Waals surface area (Å²) in [5.74, 6) is 0. The van der Waals surface area contributed by atoms with Gasteiger partial charge in [-0.3, -0.25) is 4.98 Å². The number of aromatic nitrogens is 1. The van der Waals surface area contributed by atoms with Crippen molar-refractivity contribution in [3.63, 3.8) is 0 Å². The van der Waals surface area contributed by atoms with Gasteiger partial charge in [-0.05, 0) is 30.2 Å². The van der Waals surface area contributed by atoms with Crippen LogP contribution in [0.2, 0.25) is 0 Å². The Morgan fingerprint density at radius 1 is 1.36 bits per heavy atom. The molecule has 0 saturated heterocycles. The van der Waals surface area contributed by atoms with Gasteiger partial charge in [0.2, 0.25) is 0 Å². The fourth-order valence-corrected chi connectivity index (χ4v) is 2.09. The van der Waals surface area contributed by atoms with Gasteiger partial charge >= 0.3 is 0 Å². The molecule has 0 atom stereocenters. The highest BCUT2D eigenvalue weighted by Crippen LogP contribution is 2.24. The number of anilines is 1. The normalized spacial score (nSPS) is 10.7. The minimum absolute atomic E-state index is 0.706. The molecule has 0 bridgehead atoms. The molecule has 0 unspecified atom stereocenters. The van der Waals surface area contributed by atoms with Crippen LogP contribution < -0.4 is 5.73 Å². The summed E-state index contributed by atoms with van der Waals surface area (Å²) in [5, 5.41) is 1.09. The molecule has 72 valence electrons. The summed E-state index contributed by atoms with van der Waals surface area (Å²) in [6, 6.07) is 6.09. The highest BCUT2D eigenvalue weighted by molar-refractivity contribution is 9.10. The van der Waals surface area contributed by atoms with Crippen LogP contribution >= 0.6 is 15.9 Å². The van der Waals surface area contributed by atoms with Gasteiger partial charge < -0.3 is 5.73 Å². The highest BCUT2D eigenvalue weighted by Gasteiger charge is 2.02. The van der Waals surface area contributed by atoms with Gasteiger partial charge in [-0.15, -0.1) is 0 Å². The van der Waals surface area contributed by atoms with Crippen LogP contribution in [0.3, 0.4) is 0 Å². The molecule has 2 N–H and O–H groups in total. The highest BCUT2D eigenvalue weighted by atomic mass is 79.9. The molecule has 1 heterocycles. The van der Waals surface area contributed by atoms with Gasteiger partial charge in [0.1, 0.15) is 0 Å². The molecule has 0 amide bonds. The van der Waals surface area contributed by atoms with Crippen molar-refractivity contribution in [2.75, 3.05) is 5.73 Å². The first kappa shape index (κ1) is 9.46. The topological polar surface area (TPSA) is 38.9 Å². The zero-order valence-corrected chi connectivity index (χ0v) is 9.51. The molecular formula is C11H11BrN2. The number of pyridine rings is 1. The predicted octanol–water partition coefficient (Wildman–Crippen LogP) is 3.14. The van der Waals surface area contributed by atoms with E-state index in [4.69, 9.17) is 5.73 Å². The Morgan fingerprint density at radius 2 is 2.14 bits per heavy atom. The minimum atomic E-state index is 0.706. The lowest BCUT2D eigenvalue weighted by molar-refractivity contribution is 1.14. The van der Waals surface area contributed by atoms with Gasteiger partial charge in [-0.25, -0.2) is 0 Å². The summed E-state index contributed by atoms with van der Waals surface area (Å²) in [7, 11) is 0. The van der Waals surface area contributed by atoms with E-state index < -0.39 is 0 Å². The first-order valence-electron chi connectivity index (χ1n) is 4.54. The maximum atomic E-state index is 5.69. The Morgan fingerprint density at radius 3 is 2.86 bits per heavy atom. The van der Waals surface area contributed by atoms with E-state index in [0.717, 1.165) is 21.8 Å². The lowest BCUT2D eigenvalue weighted by Gasteiger charge is -2.05. The molecule has 1 aromatic carbocycles. The fourth-order valence-electron chi connectivity index (χ4n) is 1.57. The molecule has 3 heteroatoms. The number of benzene rings is 1. The van der Waals surface area contributed by atoms with Crippen molar-refractivity contribution in [3.8, 4) is 0 Å². The standard InChI is InChI=1S/C11H11BrN2/c1-2-7-3-9(12)4-8-5-10(13)6-14-11(7)8/h3-6H,2,13H2,1H3. The van der Waals surface area contributed by atoms with Crippen molar-refractivity contribution in [1.82, 2.24) is 4.98 Å². The molecule has 0 aliphatic carbocycles. The summed E-state index contributed by atoms with van der Waals surface area (Å²) in [4.78, 5) is 4.35. The largest absolute Gasteiger partial charge is 0.397 e. The second-order valence-corrected chi connectivity index (χ2v) is 4.17. The average molecular weight is 251 g/mol. The molecule has 0 spiro atoms. The van der Waals surface area contributed by atoms with Crippen molar-refractivity contribution >= 4 is 32.5 Å². The van der Waals surface area contributed by atoms with Gasteiger partial charge in [-0.1, -0.05) is 22.9 Å². The quantitative estimate of drug-likeness (QED) is 0.845. The molecular weight excluding hydrogens is 240 g/mol. The van der Waals surface area contributed by atoms with E-state index in [0.29, 0.717) is 5.69 Å². The van der Waals surface area contributed by atoms with Crippen LogP contribution in [0.4, 0.5) is 5.69 Å². The Balaban J connectivity index is 2.81. The maximum Gasteiger partial charge on any atom is 0.0736 e. The summed E-state index contributed by atoms with van der Waals surface area (Å²) in [6.07, 6.45) is 2.68. The number of fused-ring (bicyclic) bond motifs is 1. The van der Waals surface area contributed by atoms with E-state index in [2.05, 4.69) is 33.9 Å². The maximum absolute atomic E-state index is 5.69. The zero-order chi connectivity index (χ0) is 10.1.